The van der Waals surface area contributed by atoms with Crippen LogP contribution in [0.15, 0.2) is 51.8 Å². The van der Waals surface area contributed by atoms with Gasteiger partial charge in [-0.2, -0.15) is 18.2 Å². The Kier molecular flexibility index (Phi) is 6.41. The fourth-order valence-electron chi connectivity index (χ4n) is 3.09. The highest BCUT2D eigenvalue weighted by molar-refractivity contribution is 5.78. The van der Waals surface area contributed by atoms with Gasteiger partial charge in [0, 0.05) is 36.3 Å². The van der Waals surface area contributed by atoms with Crippen molar-refractivity contribution in [3.05, 3.63) is 64.3 Å². The van der Waals surface area contributed by atoms with Gasteiger partial charge >= 0.3 is 11.9 Å². The van der Waals surface area contributed by atoms with Gasteiger partial charge in [0.1, 0.15) is 18.2 Å². The van der Waals surface area contributed by atoms with Gasteiger partial charge in [-0.15, -0.1) is 0 Å². The van der Waals surface area contributed by atoms with E-state index < -0.39 is 17.5 Å². The normalized spacial score (nSPS) is 11.6. The first-order valence-electron chi connectivity index (χ1n) is 10.1. The van der Waals surface area contributed by atoms with Crippen molar-refractivity contribution in [1.82, 2.24) is 15.0 Å². The third kappa shape index (κ3) is 5.46. The minimum Gasteiger partial charge on any atom is -0.491 e. The van der Waals surface area contributed by atoms with E-state index >= 15 is 0 Å². The molecule has 178 valence electrons. The van der Waals surface area contributed by atoms with Gasteiger partial charge < -0.3 is 24.5 Å². The zero-order valence-corrected chi connectivity index (χ0v) is 18.1. The van der Waals surface area contributed by atoms with E-state index in [-0.39, 0.29) is 30.6 Å². The van der Waals surface area contributed by atoms with Crippen LogP contribution in [0.4, 0.5) is 36.3 Å². The Bertz CT molecular complexity index is 1370. The van der Waals surface area contributed by atoms with Crippen molar-refractivity contribution in [3.63, 3.8) is 0 Å². The molecule has 0 aliphatic rings. The Morgan fingerprint density at radius 1 is 1.09 bits per heavy atom. The Labute approximate surface area is 190 Å². The number of anilines is 4. The fraction of sp³-hybridized carbons (Fsp3) is 0.227. The number of aromatic nitrogens is 3. The second-order valence-corrected chi connectivity index (χ2v) is 7.29. The highest BCUT2D eigenvalue weighted by atomic mass is 19.4. The highest BCUT2D eigenvalue weighted by Crippen LogP contribution is 2.35. The topological polar surface area (TPSA) is 114 Å². The number of rotatable bonds is 8. The fourth-order valence-corrected chi connectivity index (χ4v) is 3.09. The number of halogens is 3. The van der Waals surface area contributed by atoms with Crippen LogP contribution in [0.2, 0.25) is 0 Å². The molecule has 3 N–H and O–H groups in total. The standard InChI is InChI=1S/C22H20F3N5O4/c1-12-11-26-20(30-19(12)27-14-3-4-18-17(10-14)29-21(31)34-18)28-15-7-13(22(23,24)25)8-16(9-15)33-6-5-32-2/h3-4,7-11H,5-6H2,1-2H3,(H,29,31)(H2,26,27,28,30). The van der Waals surface area contributed by atoms with Gasteiger partial charge in [0.2, 0.25) is 5.95 Å². The first kappa shape index (κ1) is 23.1. The Morgan fingerprint density at radius 3 is 2.68 bits per heavy atom. The van der Waals surface area contributed by atoms with Crippen LogP contribution in [0.3, 0.4) is 0 Å². The van der Waals surface area contributed by atoms with Crippen LogP contribution < -0.4 is 21.1 Å². The summed E-state index contributed by atoms with van der Waals surface area (Å²) in [6, 6.07) is 8.28. The van der Waals surface area contributed by atoms with Gasteiger partial charge in [0.15, 0.2) is 5.58 Å². The van der Waals surface area contributed by atoms with Crippen LogP contribution in [-0.2, 0) is 10.9 Å². The number of aromatic amines is 1. The summed E-state index contributed by atoms with van der Waals surface area (Å²) in [5.74, 6) is -0.0370. The summed E-state index contributed by atoms with van der Waals surface area (Å²) in [4.78, 5) is 22.5. The Morgan fingerprint density at radius 2 is 1.91 bits per heavy atom. The average molecular weight is 475 g/mol. The number of ether oxygens (including phenoxy) is 2. The lowest BCUT2D eigenvalue weighted by Crippen LogP contribution is -2.09. The molecular weight excluding hydrogens is 455 g/mol. The minimum atomic E-state index is -4.56. The maximum absolute atomic E-state index is 13.4. The van der Waals surface area contributed by atoms with Crippen LogP contribution in [0.25, 0.3) is 11.1 Å². The van der Waals surface area contributed by atoms with Crippen molar-refractivity contribution in [2.24, 2.45) is 0 Å². The number of hydrogen-bond acceptors (Lipinski definition) is 8. The number of H-pyrrole nitrogens is 1. The van der Waals surface area contributed by atoms with Crippen molar-refractivity contribution in [1.29, 1.82) is 0 Å². The number of nitrogens with one attached hydrogen (secondary N) is 3. The monoisotopic (exact) mass is 475 g/mol. The highest BCUT2D eigenvalue weighted by Gasteiger charge is 2.31. The van der Waals surface area contributed by atoms with E-state index in [9.17, 15) is 18.0 Å². The number of aryl methyl sites for hydroxylation is 1. The quantitative estimate of drug-likeness (QED) is 0.313. The first-order valence-corrected chi connectivity index (χ1v) is 10.1. The van der Waals surface area contributed by atoms with E-state index in [0.29, 0.717) is 28.2 Å². The number of fused-ring (bicyclic) bond motifs is 1. The molecule has 4 rings (SSSR count). The maximum Gasteiger partial charge on any atom is 0.417 e. The molecule has 12 heteroatoms. The van der Waals surface area contributed by atoms with Gasteiger partial charge in [-0.25, -0.2) is 9.78 Å². The van der Waals surface area contributed by atoms with Crippen LogP contribution in [0, 0.1) is 6.92 Å². The molecule has 34 heavy (non-hydrogen) atoms. The first-order chi connectivity index (χ1) is 16.2. The molecule has 0 unspecified atom stereocenters. The minimum absolute atomic E-state index is 0.0299. The molecule has 0 fully saturated rings. The number of oxazole rings is 1. The third-order valence-corrected chi connectivity index (χ3v) is 4.70. The molecule has 2 aromatic heterocycles. The summed E-state index contributed by atoms with van der Waals surface area (Å²) in [5, 5.41) is 5.91. The van der Waals surface area contributed by atoms with E-state index in [4.69, 9.17) is 13.9 Å². The zero-order valence-electron chi connectivity index (χ0n) is 18.1. The lowest BCUT2D eigenvalue weighted by molar-refractivity contribution is -0.137. The van der Waals surface area contributed by atoms with Crippen molar-refractivity contribution >= 4 is 34.2 Å². The van der Waals surface area contributed by atoms with Crippen LogP contribution in [0.1, 0.15) is 11.1 Å². The largest absolute Gasteiger partial charge is 0.491 e. The molecule has 0 radical (unpaired) electrons. The maximum atomic E-state index is 13.4. The van der Waals surface area contributed by atoms with E-state index in [1.165, 1.54) is 19.4 Å². The van der Waals surface area contributed by atoms with Crippen LogP contribution >= 0.6 is 0 Å². The lowest BCUT2D eigenvalue weighted by atomic mass is 10.2. The summed E-state index contributed by atoms with van der Waals surface area (Å²) >= 11 is 0. The number of nitrogens with zero attached hydrogens (tertiary/aromatic N) is 2. The summed E-state index contributed by atoms with van der Waals surface area (Å²) in [5.41, 5.74) is 1.45. The van der Waals surface area contributed by atoms with E-state index in [0.717, 1.165) is 12.1 Å². The second kappa shape index (κ2) is 9.43. The molecule has 0 aliphatic heterocycles. The van der Waals surface area contributed by atoms with Crippen molar-refractivity contribution in [2.75, 3.05) is 31.0 Å². The Hall–Kier alpha value is -4.06. The lowest BCUT2D eigenvalue weighted by Gasteiger charge is -2.15. The number of alkyl halides is 3. The van der Waals surface area contributed by atoms with Gasteiger partial charge in [-0.3, -0.25) is 4.98 Å². The molecule has 0 aliphatic carbocycles. The van der Waals surface area contributed by atoms with E-state index in [1.807, 2.05) is 0 Å². The number of hydrogen-bond donors (Lipinski definition) is 3. The zero-order chi connectivity index (χ0) is 24.3. The molecule has 0 saturated carbocycles. The van der Waals surface area contributed by atoms with Crippen molar-refractivity contribution in [2.45, 2.75) is 13.1 Å². The van der Waals surface area contributed by atoms with E-state index in [1.54, 1.807) is 25.1 Å². The molecular formula is C22H20F3N5O4. The van der Waals surface area contributed by atoms with Gasteiger partial charge in [-0.05, 0) is 37.3 Å². The molecule has 4 aromatic rings. The summed E-state index contributed by atoms with van der Waals surface area (Å²) in [7, 11) is 1.47. The molecule has 9 nitrogen and oxygen atoms in total. The second-order valence-electron chi connectivity index (χ2n) is 7.29. The summed E-state index contributed by atoms with van der Waals surface area (Å²) in [6.07, 6.45) is -3.04. The number of benzene rings is 2. The molecule has 0 saturated heterocycles. The smallest absolute Gasteiger partial charge is 0.417 e. The van der Waals surface area contributed by atoms with Crippen LogP contribution in [0.5, 0.6) is 5.75 Å². The molecule has 0 spiro atoms. The predicted molar refractivity (Wildman–Crippen MR) is 119 cm³/mol. The third-order valence-electron chi connectivity index (χ3n) is 4.70. The van der Waals surface area contributed by atoms with E-state index in [2.05, 4.69) is 25.6 Å². The predicted octanol–water partition coefficient (Wildman–Crippen LogP) is 4.75. The van der Waals surface area contributed by atoms with Gasteiger partial charge in [-0.1, -0.05) is 0 Å². The molecule has 0 amide bonds. The Balaban J connectivity index is 1.59. The molecule has 0 bridgehead atoms. The molecule has 2 heterocycles. The van der Waals surface area contributed by atoms with Gasteiger partial charge in [0.05, 0.1) is 17.7 Å². The molecule has 2 aromatic carbocycles. The van der Waals surface area contributed by atoms with Crippen LogP contribution in [-0.4, -0.2) is 35.3 Å². The number of methoxy groups -OCH3 is 1. The van der Waals surface area contributed by atoms with Crippen molar-refractivity contribution in [3.8, 4) is 5.75 Å². The average Bonchev–Trinajstić information content (AvgIpc) is 3.15. The molecule has 0 atom stereocenters. The SMILES string of the molecule is COCCOc1cc(Nc2ncc(C)c(Nc3ccc4oc(=O)[nH]c4c3)n2)cc(C(F)(F)F)c1. The summed E-state index contributed by atoms with van der Waals surface area (Å²) < 4.78 is 55.3. The summed E-state index contributed by atoms with van der Waals surface area (Å²) in [6.45, 7) is 2.10. The van der Waals surface area contributed by atoms with Gasteiger partial charge in [0.25, 0.3) is 0 Å². The van der Waals surface area contributed by atoms with Crippen molar-refractivity contribution < 1.29 is 27.1 Å².